The zero-order valence-corrected chi connectivity index (χ0v) is 40.7. The van der Waals surface area contributed by atoms with Gasteiger partial charge < -0.3 is 0 Å². The maximum atomic E-state index is 5.31. The summed E-state index contributed by atoms with van der Waals surface area (Å²) in [5, 5.41) is 0. The van der Waals surface area contributed by atoms with E-state index in [1.807, 2.05) is 0 Å². The Hall–Kier alpha value is -2.17. The summed E-state index contributed by atoms with van der Waals surface area (Å²) in [5.41, 5.74) is 9.42. The van der Waals surface area contributed by atoms with Crippen molar-refractivity contribution in [2.24, 2.45) is 9.98 Å². The molecule has 0 aliphatic heterocycles. The maximum absolute atomic E-state index is 5.31. The molecule has 0 heterocycles. The standard InChI is InChI=1S/C56H92N2.Ni/c1-7-11-15-16-17-18-19-20-21-22-23-24-25-26-27-28-29-30-31-32-33-34-35-36-38-42-55(56(41-37-12-8-2)58-54-46-49(5)45-50(6)47-54)57-53-44-43-51(39-13-9-3)52(48-53)40-14-10-4;/h43-48H,7-37,39-41H2,1-6H3;. The normalized spacial score (nSPS) is 11.8. The molecule has 0 spiro atoms. The molecule has 0 unspecified atom stereocenters. The minimum atomic E-state index is 0. The minimum Gasteiger partial charge on any atom is -0.250 e. The molecule has 2 nitrogen and oxygen atoms in total. The van der Waals surface area contributed by atoms with Crippen molar-refractivity contribution < 1.29 is 16.5 Å². The van der Waals surface area contributed by atoms with Crippen LogP contribution in [0.2, 0.25) is 0 Å². The van der Waals surface area contributed by atoms with Crippen LogP contribution in [0.25, 0.3) is 0 Å². The zero-order valence-electron chi connectivity index (χ0n) is 39.7. The predicted molar refractivity (Wildman–Crippen MR) is 262 cm³/mol. The largest absolute Gasteiger partial charge is 0.250 e. The van der Waals surface area contributed by atoms with Gasteiger partial charge in [0.1, 0.15) is 5.71 Å². The molecule has 0 aliphatic carbocycles. The van der Waals surface area contributed by atoms with Crippen LogP contribution in [-0.4, -0.2) is 11.4 Å². The van der Waals surface area contributed by atoms with Crippen LogP contribution < -0.4 is 0 Å². The minimum absolute atomic E-state index is 0. The van der Waals surface area contributed by atoms with Crippen LogP contribution in [0.4, 0.5) is 11.4 Å². The van der Waals surface area contributed by atoms with E-state index in [0.29, 0.717) is 0 Å². The van der Waals surface area contributed by atoms with E-state index >= 15 is 0 Å². The SMILES string of the molecule is CCCCCCCCCCCCCCCCCCCCCCCCCC#CC(=Nc1ccc(CCCC)c(CCCC)c1)C(CCCCC)=Nc1cc(C)cc(C)c1.[Ni]. The van der Waals surface area contributed by atoms with Gasteiger partial charge in [0, 0.05) is 22.9 Å². The second-order valence-corrected chi connectivity index (χ2v) is 17.8. The van der Waals surface area contributed by atoms with Gasteiger partial charge in [0.2, 0.25) is 0 Å². The van der Waals surface area contributed by atoms with E-state index in [0.717, 1.165) is 54.9 Å². The number of hydrogen-bond acceptors (Lipinski definition) is 2. The summed E-state index contributed by atoms with van der Waals surface area (Å²) in [4.78, 5) is 10.6. The molecule has 0 saturated heterocycles. The molecule has 3 heteroatoms. The third-order valence-electron chi connectivity index (χ3n) is 11.9. The third-order valence-corrected chi connectivity index (χ3v) is 11.9. The molecule has 0 saturated carbocycles. The average molecular weight is 852 g/mol. The number of nitrogens with zero attached hydrogens (tertiary/aromatic N) is 2. The van der Waals surface area contributed by atoms with Gasteiger partial charge in [0.15, 0.2) is 0 Å². The van der Waals surface area contributed by atoms with Crippen molar-refractivity contribution in [3.8, 4) is 11.8 Å². The summed E-state index contributed by atoms with van der Waals surface area (Å²) >= 11 is 0. The second-order valence-electron chi connectivity index (χ2n) is 17.8. The fourth-order valence-corrected chi connectivity index (χ4v) is 8.27. The Kier molecular flexibility index (Phi) is 36.0. The number of rotatable bonds is 36. The Bertz CT molecular complexity index is 1400. The summed E-state index contributed by atoms with van der Waals surface area (Å²) in [7, 11) is 0. The Morgan fingerprint density at radius 1 is 0.424 bits per heavy atom. The van der Waals surface area contributed by atoms with E-state index in [4.69, 9.17) is 9.98 Å². The predicted octanol–water partition coefficient (Wildman–Crippen LogP) is 18.8. The topological polar surface area (TPSA) is 24.7 Å². The number of hydrogen-bond donors (Lipinski definition) is 0. The fourth-order valence-electron chi connectivity index (χ4n) is 8.27. The van der Waals surface area contributed by atoms with Gasteiger partial charge in [-0.25, -0.2) is 4.99 Å². The molecule has 0 amide bonds. The van der Waals surface area contributed by atoms with E-state index in [9.17, 15) is 0 Å². The summed E-state index contributed by atoms with van der Waals surface area (Å²) < 4.78 is 0. The first-order valence-corrected chi connectivity index (χ1v) is 25.4. The maximum Gasteiger partial charge on any atom is 0.135 e. The smallest absolute Gasteiger partial charge is 0.135 e. The van der Waals surface area contributed by atoms with Crippen LogP contribution in [0.5, 0.6) is 0 Å². The van der Waals surface area contributed by atoms with Crippen LogP contribution in [-0.2, 0) is 29.3 Å². The Labute approximate surface area is 377 Å². The Balaban J connectivity index is 0.0000174. The van der Waals surface area contributed by atoms with Gasteiger partial charge in [0.05, 0.1) is 17.1 Å². The van der Waals surface area contributed by atoms with Crippen molar-refractivity contribution in [1.82, 2.24) is 0 Å². The van der Waals surface area contributed by atoms with Crippen molar-refractivity contribution in [3.63, 3.8) is 0 Å². The molecule has 0 aliphatic rings. The molecule has 0 aromatic heterocycles. The van der Waals surface area contributed by atoms with Gasteiger partial charge in [-0.1, -0.05) is 213 Å². The van der Waals surface area contributed by atoms with E-state index < -0.39 is 0 Å². The molecule has 0 radical (unpaired) electrons. The molecule has 59 heavy (non-hydrogen) atoms. The van der Waals surface area contributed by atoms with Crippen LogP contribution >= 0.6 is 0 Å². The van der Waals surface area contributed by atoms with Crippen LogP contribution in [0.1, 0.15) is 255 Å². The van der Waals surface area contributed by atoms with Crippen LogP contribution in [0, 0.1) is 25.7 Å². The zero-order chi connectivity index (χ0) is 41.7. The molecule has 2 aromatic rings. The van der Waals surface area contributed by atoms with E-state index in [2.05, 4.69) is 89.8 Å². The summed E-state index contributed by atoms with van der Waals surface area (Å²) in [6.07, 6.45) is 45.1. The van der Waals surface area contributed by atoms with Gasteiger partial charge in [0.25, 0.3) is 0 Å². The Morgan fingerprint density at radius 3 is 1.32 bits per heavy atom. The van der Waals surface area contributed by atoms with Crippen molar-refractivity contribution in [1.29, 1.82) is 0 Å². The molecule has 2 rings (SSSR count). The fraction of sp³-hybridized carbons (Fsp3) is 0.714. The van der Waals surface area contributed by atoms with E-state index in [1.165, 1.54) is 208 Å². The van der Waals surface area contributed by atoms with Gasteiger partial charge in [-0.15, -0.1) is 0 Å². The number of aliphatic imine (C=N–C) groups is 2. The monoisotopic (exact) mass is 851 g/mol. The average Bonchev–Trinajstić information content (AvgIpc) is 3.21. The van der Waals surface area contributed by atoms with Crippen LogP contribution in [0.15, 0.2) is 46.4 Å². The van der Waals surface area contributed by atoms with Crippen molar-refractivity contribution in [2.45, 2.75) is 260 Å². The molecule has 336 valence electrons. The van der Waals surface area contributed by atoms with Crippen LogP contribution in [0.3, 0.4) is 0 Å². The van der Waals surface area contributed by atoms with Gasteiger partial charge >= 0.3 is 0 Å². The van der Waals surface area contributed by atoms with Crippen molar-refractivity contribution in [3.05, 3.63) is 58.7 Å². The van der Waals surface area contributed by atoms with Gasteiger partial charge in [-0.05, 0) is 111 Å². The summed E-state index contributed by atoms with van der Waals surface area (Å²) in [6.45, 7) is 13.5. The number of benzene rings is 2. The van der Waals surface area contributed by atoms with Crippen molar-refractivity contribution in [2.75, 3.05) is 0 Å². The first kappa shape index (κ1) is 54.9. The molecule has 0 fully saturated rings. The van der Waals surface area contributed by atoms with Gasteiger partial charge in [-0.2, -0.15) is 0 Å². The molecule has 2 aromatic carbocycles. The van der Waals surface area contributed by atoms with E-state index in [-0.39, 0.29) is 16.5 Å². The quantitative estimate of drug-likeness (QED) is 0.0282. The molecular weight excluding hydrogens is 759 g/mol. The van der Waals surface area contributed by atoms with Crippen molar-refractivity contribution >= 4 is 22.8 Å². The summed E-state index contributed by atoms with van der Waals surface area (Å²) in [6, 6.07) is 13.5. The third kappa shape index (κ3) is 28.9. The number of unbranched alkanes of at least 4 members (excludes halogenated alkanes) is 27. The molecular formula is C56H92N2Ni. The van der Waals surface area contributed by atoms with E-state index in [1.54, 1.807) is 0 Å². The number of aryl methyl sites for hydroxylation is 4. The molecule has 0 bridgehead atoms. The first-order valence-electron chi connectivity index (χ1n) is 25.4. The van der Waals surface area contributed by atoms with Gasteiger partial charge in [-0.3, -0.25) is 4.99 Å². The Morgan fingerprint density at radius 2 is 0.847 bits per heavy atom. The first-order chi connectivity index (χ1) is 28.5. The molecule has 0 N–H and O–H groups in total. The molecule has 0 atom stereocenters. The second kappa shape index (κ2) is 38.7. The summed E-state index contributed by atoms with van der Waals surface area (Å²) in [5.74, 6) is 7.17.